The summed E-state index contributed by atoms with van der Waals surface area (Å²) in [6, 6.07) is 16.5. The first-order valence-corrected chi connectivity index (χ1v) is 9.57. The number of rotatable bonds is 6. The van der Waals surface area contributed by atoms with Gasteiger partial charge in [0.2, 0.25) is 0 Å². The molecule has 5 heteroatoms. The highest BCUT2D eigenvalue weighted by molar-refractivity contribution is 5.77. The molecule has 0 amide bonds. The van der Waals surface area contributed by atoms with Crippen molar-refractivity contribution in [1.29, 1.82) is 0 Å². The molecule has 142 valence electrons. The van der Waals surface area contributed by atoms with Gasteiger partial charge >= 0.3 is 0 Å². The molecule has 28 heavy (non-hydrogen) atoms. The highest BCUT2D eigenvalue weighted by atomic mass is 15.2. The molecular weight excluding hydrogens is 346 g/mol. The Balaban J connectivity index is 1.60. The van der Waals surface area contributed by atoms with Gasteiger partial charge in [-0.2, -0.15) is 0 Å². The smallest absolute Gasteiger partial charge is 0.121 e. The molecule has 4 aromatic rings. The second-order valence-corrected chi connectivity index (χ2v) is 7.37. The number of fused-ring (bicyclic) bond motifs is 1. The summed E-state index contributed by atoms with van der Waals surface area (Å²) in [4.78, 5) is 19.8. The number of imidazole rings is 1. The van der Waals surface area contributed by atoms with E-state index in [4.69, 9.17) is 4.98 Å². The van der Waals surface area contributed by atoms with Gasteiger partial charge < -0.3 is 4.98 Å². The number of nitrogens with zero attached hydrogens (tertiary/aromatic N) is 4. The molecule has 3 aromatic heterocycles. The zero-order chi connectivity index (χ0) is 19.5. The van der Waals surface area contributed by atoms with Crippen molar-refractivity contribution in [3.63, 3.8) is 0 Å². The lowest BCUT2D eigenvalue weighted by Gasteiger charge is -2.20. The first-order valence-electron chi connectivity index (χ1n) is 9.57. The van der Waals surface area contributed by atoms with Gasteiger partial charge in [-0.15, -0.1) is 0 Å². The number of pyridine rings is 2. The van der Waals surface area contributed by atoms with E-state index < -0.39 is 0 Å². The standard InChI is InChI=1S/C23H25N5/c1-16-11-21-22(12-17(16)2)27-23(26-21)15-28(13-19-8-4-5-10-24-19)14-20-9-6-7-18(3)25-20/h4-12H,13-15H2,1-3H3,(H,26,27). The lowest BCUT2D eigenvalue weighted by atomic mass is 10.1. The van der Waals surface area contributed by atoms with Gasteiger partial charge in [-0.25, -0.2) is 4.98 Å². The highest BCUT2D eigenvalue weighted by Crippen LogP contribution is 2.19. The van der Waals surface area contributed by atoms with Gasteiger partial charge in [0.25, 0.3) is 0 Å². The predicted molar refractivity (Wildman–Crippen MR) is 112 cm³/mol. The van der Waals surface area contributed by atoms with Gasteiger partial charge in [0.1, 0.15) is 5.82 Å². The number of aryl methyl sites for hydroxylation is 3. The van der Waals surface area contributed by atoms with Crippen molar-refractivity contribution in [1.82, 2.24) is 24.8 Å². The fourth-order valence-electron chi connectivity index (χ4n) is 3.41. The first-order chi connectivity index (χ1) is 13.6. The summed E-state index contributed by atoms with van der Waals surface area (Å²) in [5.41, 5.74) is 7.77. The zero-order valence-corrected chi connectivity index (χ0v) is 16.6. The summed E-state index contributed by atoms with van der Waals surface area (Å²) in [6.07, 6.45) is 1.84. The minimum atomic E-state index is 0.707. The van der Waals surface area contributed by atoms with Crippen molar-refractivity contribution in [2.24, 2.45) is 0 Å². The van der Waals surface area contributed by atoms with Gasteiger partial charge in [-0.1, -0.05) is 12.1 Å². The number of benzene rings is 1. The van der Waals surface area contributed by atoms with Crippen LogP contribution in [0.2, 0.25) is 0 Å². The number of nitrogens with one attached hydrogen (secondary N) is 1. The second kappa shape index (κ2) is 7.90. The lowest BCUT2D eigenvalue weighted by Crippen LogP contribution is -2.24. The molecule has 1 aromatic carbocycles. The quantitative estimate of drug-likeness (QED) is 0.543. The van der Waals surface area contributed by atoms with Crippen LogP contribution < -0.4 is 0 Å². The molecule has 0 radical (unpaired) electrons. The fraction of sp³-hybridized carbons (Fsp3) is 0.261. The summed E-state index contributed by atoms with van der Waals surface area (Å²) in [5, 5.41) is 0. The molecule has 0 atom stereocenters. The fourth-order valence-corrected chi connectivity index (χ4v) is 3.41. The third kappa shape index (κ3) is 4.26. The Hall–Kier alpha value is -3.05. The Bertz CT molecular complexity index is 1050. The summed E-state index contributed by atoms with van der Waals surface area (Å²) in [6.45, 7) is 8.47. The molecular formula is C23H25N5. The van der Waals surface area contributed by atoms with Crippen LogP contribution in [0.5, 0.6) is 0 Å². The van der Waals surface area contributed by atoms with Crippen molar-refractivity contribution in [2.45, 2.75) is 40.4 Å². The minimum absolute atomic E-state index is 0.707. The summed E-state index contributed by atoms with van der Waals surface area (Å²) in [5.74, 6) is 0.962. The van der Waals surface area contributed by atoms with Crippen LogP contribution in [-0.4, -0.2) is 24.8 Å². The first kappa shape index (κ1) is 18.3. The third-order valence-corrected chi connectivity index (χ3v) is 4.96. The van der Waals surface area contributed by atoms with Gasteiger partial charge in [-0.3, -0.25) is 14.9 Å². The number of aromatic amines is 1. The minimum Gasteiger partial charge on any atom is -0.341 e. The van der Waals surface area contributed by atoms with Crippen molar-refractivity contribution in [2.75, 3.05) is 0 Å². The van der Waals surface area contributed by atoms with E-state index in [1.807, 2.05) is 31.3 Å². The van der Waals surface area contributed by atoms with Gasteiger partial charge in [-0.05, 0) is 68.3 Å². The molecule has 5 nitrogen and oxygen atoms in total. The van der Waals surface area contributed by atoms with E-state index in [1.165, 1.54) is 11.1 Å². The van der Waals surface area contributed by atoms with Crippen LogP contribution in [0.3, 0.4) is 0 Å². The molecule has 0 bridgehead atoms. The highest BCUT2D eigenvalue weighted by Gasteiger charge is 2.13. The van der Waals surface area contributed by atoms with E-state index in [0.29, 0.717) is 6.54 Å². The zero-order valence-electron chi connectivity index (χ0n) is 16.6. The molecule has 0 saturated carbocycles. The third-order valence-electron chi connectivity index (χ3n) is 4.96. The van der Waals surface area contributed by atoms with Crippen LogP contribution in [0.4, 0.5) is 0 Å². The monoisotopic (exact) mass is 371 g/mol. The maximum Gasteiger partial charge on any atom is 0.121 e. The van der Waals surface area contributed by atoms with Crippen molar-refractivity contribution < 1.29 is 0 Å². The Labute approximate surface area is 165 Å². The molecule has 3 heterocycles. The maximum absolute atomic E-state index is 4.82. The maximum atomic E-state index is 4.82. The van der Waals surface area contributed by atoms with Crippen LogP contribution in [-0.2, 0) is 19.6 Å². The predicted octanol–water partition coefficient (Wildman–Crippen LogP) is 4.48. The number of aromatic nitrogens is 4. The number of H-pyrrole nitrogens is 1. The molecule has 0 aliphatic carbocycles. The number of hydrogen-bond donors (Lipinski definition) is 1. The average Bonchev–Trinajstić information content (AvgIpc) is 3.04. The Morgan fingerprint density at radius 3 is 2.39 bits per heavy atom. The van der Waals surface area contributed by atoms with Gasteiger partial charge in [0, 0.05) is 25.0 Å². The van der Waals surface area contributed by atoms with Crippen molar-refractivity contribution in [3.05, 3.63) is 88.8 Å². The van der Waals surface area contributed by atoms with E-state index in [2.05, 4.69) is 64.0 Å². The molecule has 0 unspecified atom stereocenters. The molecule has 1 N–H and O–H groups in total. The summed E-state index contributed by atoms with van der Waals surface area (Å²) in [7, 11) is 0. The lowest BCUT2D eigenvalue weighted by molar-refractivity contribution is 0.236. The van der Waals surface area contributed by atoms with Gasteiger partial charge in [0.05, 0.1) is 29.0 Å². The molecule has 0 aliphatic rings. The summed E-state index contributed by atoms with van der Waals surface area (Å²) < 4.78 is 0. The van der Waals surface area contributed by atoms with E-state index in [0.717, 1.165) is 47.0 Å². The van der Waals surface area contributed by atoms with Crippen LogP contribution in [0.15, 0.2) is 54.7 Å². The SMILES string of the molecule is Cc1cccc(CN(Cc2ccccn2)Cc2nc3cc(C)c(C)cc3[nH]2)n1. The van der Waals surface area contributed by atoms with E-state index >= 15 is 0 Å². The summed E-state index contributed by atoms with van der Waals surface area (Å²) >= 11 is 0. The molecule has 0 saturated heterocycles. The topological polar surface area (TPSA) is 57.7 Å². The largest absolute Gasteiger partial charge is 0.341 e. The Morgan fingerprint density at radius 2 is 1.61 bits per heavy atom. The Morgan fingerprint density at radius 1 is 0.821 bits per heavy atom. The van der Waals surface area contributed by atoms with Crippen LogP contribution in [0.25, 0.3) is 11.0 Å². The van der Waals surface area contributed by atoms with E-state index in [-0.39, 0.29) is 0 Å². The van der Waals surface area contributed by atoms with Crippen LogP contribution in [0, 0.1) is 20.8 Å². The van der Waals surface area contributed by atoms with Gasteiger partial charge in [0.15, 0.2) is 0 Å². The van der Waals surface area contributed by atoms with Crippen molar-refractivity contribution >= 4 is 11.0 Å². The normalized spacial score (nSPS) is 11.4. The van der Waals surface area contributed by atoms with E-state index in [9.17, 15) is 0 Å². The molecule has 0 aliphatic heterocycles. The number of hydrogen-bond acceptors (Lipinski definition) is 4. The molecule has 0 spiro atoms. The van der Waals surface area contributed by atoms with Crippen molar-refractivity contribution in [3.8, 4) is 0 Å². The van der Waals surface area contributed by atoms with Crippen LogP contribution >= 0.6 is 0 Å². The average molecular weight is 371 g/mol. The Kier molecular flexibility index (Phi) is 5.17. The second-order valence-electron chi connectivity index (χ2n) is 7.37. The van der Waals surface area contributed by atoms with E-state index in [1.54, 1.807) is 0 Å². The van der Waals surface area contributed by atoms with Crippen LogP contribution in [0.1, 0.15) is 34.0 Å². The molecule has 4 rings (SSSR count). The molecule has 0 fully saturated rings.